The number of halogens is 2. The predicted octanol–water partition coefficient (Wildman–Crippen LogP) is -6.18. The summed E-state index contributed by atoms with van der Waals surface area (Å²) in [4.78, 5) is 0. The molecule has 7 heteroatoms. The van der Waals surface area contributed by atoms with Crippen LogP contribution in [0.1, 0.15) is 0 Å². The first-order chi connectivity index (χ1) is 3.12. The molecule has 0 fully saturated rings. The smallest absolute Gasteiger partial charge is 1.00 e. The molecule has 0 unspecified atom stereocenters. The molecule has 0 rings (SSSR count). The summed E-state index contributed by atoms with van der Waals surface area (Å²) >= 11 is 0. The van der Waals surface area contributed by atoms with Gasteiger partial charge in [-0.05, 0) is 6.66 Å². The summed E-state index contributed by atoms with van der Waals surface area (Å²) in [6.07, 6.45) is 0.451. The van der Waals surface area contributed by atoms with Crippen LogP contribution in [0.4, 0.5) is 0 Å². The number of rotatable bonds is 2. The van der Waals surface area contributed by atoms with Crippen LogP contribution in [0.5, 0.6) is 0 Å². The molecule has 0 aromatic heterocycles. The molecular formula is C3H11Cl2N2OPPt. The van der Waals surface area contributed by atoms with Crippen molar-refractivity contribution in [2.75, 3.05) is 19.2 Å². The van der Waals surface area contributed by atoms with Crippen LogP contribution in [0, 0.1) is 0 Å². The van der Waals surface area contributed by atoms with E-state index in [1.54, 1.807) is 6.66 Å². The standard InChI is InChI=1S/C3H11N2OP.2ClH.Pt/c1-7(6,2-4)3-5;;;/h2-5H2,1H3;2*1H;/q;;;+2/p-2. The third kappa shape index (κ3) is 12.1. The van der Waals surface area contributed by atoms with Gasteiger partial charge in [-0.2, -0.15) is 0 Å². The first kappa shape index (κ1) is 22.5. The summed E-state index contributed by atoms with van der Waals surface area (Å²) in [5, 5.41) is 0. The van der Waals surface area contributed by atoms with Crippen molar-refractivity contribution in [3.63, 3.8) is 0 Å². The second kappa shape index (κ2) is 10.4. The molecule has 0 saturated heterocycles. The Morgan fingerprint density at radius 1 is 1.20 bits per heavy atom. The van der Waals surface area contributed by atoms with E-state index < -0.39 is 7.14 Å². The van der Waals surface area contributed by atoms with Crippen LogP contribution in [0.2, 0.25) is 0 Å². The van der Waals surface area contributed by atoms with Gasteiger partial charge in [0.1, 0.15) is 7.14 Å². The van der Waals surface area contributed by atoms with Gasteiger partial charge >= 0.3 is 21.1 Å². The largest absolute Gasteiger partial charge is 2.00 e. The Labute approximate surface area is 88.1 Å². The Morgan fingerprint density at radius 2 is 1.40 bits per heavy atom. The maximum Gasteiger partial charge on any atom is 2.00 e. The van der Waals surface area contributed by atoms with Crippen molar-refractivity contribution in [3.05, 3.63) is 0 Å². The van der Waals surface area contributed by atoms with E-state index in [1.165, 1.54) is 0 Å². The Kier molecular flexibility index (Phi) is 23.5. The minimum absolute atomic E-state index is 0. The third-order valence-electron chi connectivity index (χ3n) is 0.772. The molecule has 10 heavy (non-hydrogen) atoms. The SMILES string of the molecule is CP(=O)(CN)CN.[Cl-].[Cl-].[Pt+2]. The van der Waals surface area contributed by atoms with Gasteiger partial charge in [0.05, 0.1) is 0 Å². The molecule has 0 aromatic rings. The first-order valence-corrected chi connectivity index (χ1v) is 4.60. The number of nitrogens with two attached hydrogens (primary N) is 2. The van der Waals surface area contributed by atoms with E-state index in [0.29, 0.717) is 0 Å². The zero-order valence-corrected chi connectivity index (χ0v) is 10.2. The molecular weight excluding hydrogens is 377 g/mol. The van der Waals surface area contributed by atoms with Gasteiger partial charge in [0.2, 0.25) is 0 Å². The Hall–Kier alpha value is 1.42. The molecule has 3 nitrogen and oxygen atoms in total. The van der Waals surface area contributed by atoms with Gasteiger partial charge in [-0.15, -0.1) is 0 Å². The summed E-state index contributed by atoms with van der Waals surface area (Å²) < 4.78 is 10.7. The van der Waals surface area contributed by atoms with Crippen LogP contribution in [0.15, 0.2) is 0 Å². The third-order valence-corrected chi connectivity index (χ3v) is 2.32. The number of hydrogen-bond donors (Lipinski definition) is 2. The van der Waals surface area contributed by atoms with Crippen LogP contribution < -0.4 is 36.3 Å². The van der Waals surface area contributed by atoms with E-state index in [-0.39, 0.29) is 58.5 Å². The van der Waals surface area contributed by atoms with Crippen molar-refractivity contribution in [2.45, 2.75) is 0 Å². The molecule has 0 bridgehead atoms. The molecule has 0 heterocycles. The van der Waals surface area contributed by atoms with Gasteiger partial charge in [-0.1, -0.05) is 0 Å². The number of hydrogen-bond acceptors (Lipinski definition) is 3. The van der Waals surface area contributed by atoms with E-state index in [2.05, 4.69) is 0 Å². The molecule has 0 aromatic carbocycles. The zero-order valence-electron chi connectivity index (χ0n) is 5.50. The Bertz CT molecular complexity index is 96.5. The molecule has 0 spiro atoms. The van der Waals surface area contributed by atoms with E-state index in [9.17, 15) is 4.57 Å². The molecule has 0 radical (unpaired) electrons. The molecule has 0 aliphatic rings. The first-order valence-electron chi connectivity index (χ1n) is 2.08. The summed E-state index contributed by atoms with van der Waals surface area (Å²) in [6.45, 7) is 1.60. The van der Waals surface area contributed by atoms with Crippen LogP contribution in [0.25, 0.3) is 0 Å². The average Bonchev–Trinajstić information content (AvgIpc) is 1.68. The van der Waals surface area contributed by atoms with Crippen LogP contribution in [-0.2, 0) is 25.6 Å². The van der Waals surface area contributed by atoms with Crippen molar-refractivity contribution in [1.82, 2.24) is 0 Å². The van der Waals surface area contributed by atoms with Crippen LogP contribution >= 0.6 is 7.14 Å². The maximum absolute atomic E-state index is 10.7. The molecule has 4 N–H and O–H groups in total. The average molecular weight is 388 g/mol. The van der Waals surface area contributed by atoms with Crippen LogP contribution in [-0.4, -0.2) is 19.2 Å². The summed E-state index contributed by atoms with van der Waals surface area (Å²) in [5.74, 6) is 0. The van der Waals surface area contributed by atoms with Gasteiger partial charge in [0, 0.05) is 12.6 Å². The van der Waals surface area contributed by atoms with Gasteiger partial charge in [0.25, 0.3) is 0 Å². The molecule has 0 aliphatic carbocycles. The Morgan fingerprint density at radius 3 is 1.40 bits per heavy atom. The predicted molar refractivity (Wildman–Crippen MR) is 31.6 cm³/mol. The van der Waals surface area contributed by atoms with E-state index in [4.69, 9.17) is 11.5 Å². The fourth-order valence-electron chi connectivity index (χ4n) is 0.0745. The fourth-order valence-corrected chi connectivity index (χ4v) is 0.224. The zero-order chi connectivity index (χ0) is 5.91. The van der Waals surface area contributed by atoms with E-state index in [1.807, 2.05) is 0 Å². The monoisotopic (exact) mass is 387 g/mol. The molecule has 0 saturated carbocycles. The van der Waals surface area contributed by atoms with Crippen molar-refractivity contribution in [2.24, 2.45) is 11.5 Å². The topological polar surface area (TPSA) is 69.1 Å². The van der Waals surface area contributed by atoms with Gasteiger partial charge in [0.15, 0.2) is 0 Å². The second-order valence-electron chi connectivity index (χ2n) is 1.66. The van der Waals surface area contributed by atoms with Crippen LogP contribution in [0.3, 0.4) is 0 Å². The summed E-state index contributed by atoms with van der Waals surface area (Å²) in [6, 6.07) is 0. The van der Waals surface area contributed by atoms with E-state index in [0.717, 1.165) is 0 Å². The second-order valence-corrected chi connectivity index (χ2v) is 4.99. The molecule has 0 atom stereocenters. The summed E-state index contributed by atoms with van der Waals surface area (Å²) in [5.41, 5.74) is 10.1. The molecule has 0 amide bonds. The van der Waals surface area contributed by atoms with Gasteiger partial charge in [-0.3, -0.25) is 0 Å². The summed E-state index contributed by atoms with van der Waals surface area (Å²) in [7, 11) is -2.10. The van der Waals surface area contributed by atoms with E-state index >= 15 is 0 Å². The molecule has 68 valence electrons. The minimum atomic E-state index is -2.10. The van der Waals surface area contributed by atoms with Gasteiger partial charge in [-0.25, -0.2) is 0 Å². The quantitative estimate of drug-likeness (QED) is 0.463. The van der Waals surface area contributed by atoms with Crippen molar-refractivity contribution in [3.8, 4) is 0 Å². The van der Waals surface area contributed by atoms with Gasteiger partial charge < -0.3 is 40.8 Å². The Balaban J connectivity index is -0.0000000600. The molecule has 0 aliphatic heterocycles. The van der Waals surface area contributed by atoms with Crippen molar-refractivity contribution in [1.29, 1.82) is 0 Å². The maximum atomic E-state index is 10.7. The fraction of sp³-hybridized carbons (Fsp3) is 1.00. The minimum Gasteiger partial charge on any atom is -1.00 e. The van der Waals surface area contributed by atoms with Crippen molar-refractivity contribution < 1.29 is 50.4 Å². The normalized spacial score (nSPS) is 8.30. The van der Waals surface area contributed by atoms with Crippen molar-refractivity contribution >= 4 is 7.14 Å².